The van der Waals surface area contributed by atoms with Crippen LogP contribution in [0, 0.1) is 20.8 Å². The van der Waals surface area contributed by atoms with Crippen LogP contribution in [-0.4, -0.2) is 31.1 Å². The molecule has 27 heavy (non-hydrogen) atoms. The molecule has 0 radical (unpaired) electrons. The Hall–Kier alpha value is -2.91. The molecule has 0 fully saturated rings. The number of carbonyl (C=O) groups is 1. The summed E-state index contributed by atoms with van der Waals surface area (Å²) in [6.45, 7) is 5.92. The zero-order valence-corrected chi connectivity index (χ0v) is 16.5. The molecular weight excluding hydrogens is 380 g/mol. The molecule has 7 nitrogen and oxygen atoms in total. The predicted molar refractivity (Wildman–Crippen MR) is 107 cm³/mol. The number of amides is 1. The molecule has 0 spiro atoms. The number of carbonyl (C=O) groups excluding carboxylic acids is 1. The number of nitrogens with zero attached hydrogens (tertiary/aromatic N) is 4. The number of thiazole rings is 2. The lowest BCUT2D eigenvalue weighted by Crippen LogP contribution is -2.11. The van der Waals surface area contributed by atoms with Crippen molar-refractivity contribution < 1.29 is 4.79 Å². The molecule has 136 valence electrons. The van der Waals surface area contributed by atoms with Gasteiger partial charge in [0.2, 0.25) is 0 Å². The van der Waals surface area contributed by atoms with Gasteiger partial charge in [0.1, 0.15) is 11.2 Å². The van der Waals surface area contributed by atoms with E-state index in [4.69, 9.17) is 0 Å². The molecule has 0 bridgehead atoms. The first-order valence-electron chi connectivity index (χ1n) is 8.19. The minimum Gasteiger partial charge on any atom is -0.297 e. The Balaban J connectivity index is 1.55. The summed E-state index contributed by atoms with van der Waals surface area (Å²) in [5.41, 5.74) is 4.95. The zero-order valence-electron chi connectivity index (χ0n) is 14.9. The van der Waals surface area contributed by atoms with Gasteiger partial charge < -0.3 is 0 Å². The molecule has 0 saturated heterocycles. The standard InChI is InChI=1S/C18H16N6OS2/c1-9-4-5-12(10(2)6-9)13-7-26-18(22-13)23-16(25)14-11(3)21-17(27-14)15-19-8-20-24-15/h4-8H,1-3H3,(H,19,20,24)(H,22,23,25). The molecule has 3 heterocycles. The third-order valence-electron chi connectivity index (χ3n) is 4.00. The minimum absolute atomic E-state index is 0.225. The average Bonchev–Trinajstić information content (AvgIpc) is 3.35. The van der Waals surface area contributed by atoms with Crippen LogP contribution >= 0.6 is 22.7 Å². The smallest absolute Gasteiger partial charge is 0.269 e. The summed E-state index contributed by atoms with van der Waals surface area (Å²) in [6.07, 6.45) is 1.41. The van der Waals surface area contributed by atoms with E-state index in [1.54, 1.807) is 6.92 Å². The molecule has 4 aromatic rings. The molecule has 4 rings (SSSR count). The number of aryl methyl sites for hydroxylation is 3. The van der Waals surface area contributed by atoms with Crippen molar-refractivity contribution in [2.24, 2.45) is 0 Å². The normalized spacial score (nSPS) is 10.9. The van der Waals surface area contributed by atoms with Crippen molar-refractivity contribution in [3.05, 3.63) is 51.6 Å². The van der Waals surface area contributed by atoms with Gasteiger partial charge in [-0.15, -0.1) is 22.7 Å². The SMILES string of the molecule is Cc1ccc(-c2csc(NC(=O)c3sc(-c4ncn[nH]4)nc3C)n2)c(C)c1. The van der Waals surface area contributed by atoms with Gasteiger partial charge in [-0.2, -0.15) is 5.10 Å². The summed E-state index contributed by atoms with van der Waals surface area (Å²) < 4.78 is 0. The highest BCUT2D eigenvalue weighted by atomic mass is 32.1. The molecule has 0 aliphatic heterocycles. The van der Waals surface area contributed by atoms with E-state index in [1.807, 2.05) is 5.38 Å². The van der Waals surface area contributed by atoms with Crippen molar-refractivity contribution >= 4 is 33.7 Å². The van der Waals surface area contributed by atoms with E-state index in [1.165, 1.54) is 34.6 Å². The van der Waals surface area contributed by atoms with Crippen LogP contribution in [-0.2, 0) is 0 Å². The number of rotatable bonds is 4. The van der Waals surface area contributed by atoms with Crippen molar-refractivity contribution in [1.29, 1.82) is 0 Å². The predicted octanol–water partition coefficient (Wildman–Crippen LogP) is 4.23. The van der Waals surface area contributed by atoms with E-state index in [9.17, 15) is 4.79 Å². The number of hydrogen-bond acceptors (Lipinski definition) is 7. The summed E-state index contributed by atoms with van der Waals surface area (Å²) in [7, 11) is 0. The van der Waals surface area contributed by atoms with Gasteiger partial charge >= 0.3 is 0 Å². The first kappa shape index (κ1) is 17.5. The molecule has 0 aliphatic carbocycles. The van der Waals surface area contributed by atoms with Gasteiger partial charge in [-0.1, -0.05) is 23.8 Å². The summed E-state index contributed by atoms with van der Waals surface area (Å²) in [5.74, 6) is 0.325. The maximum absolute atomic E-state index is 12.7. The summed E-state index contributed by atoms with van der Waals surface area (Å²) >= 11 is 2.68. The molecule has 0 unspecified atom stereocenters. The Morgan fingerprint density at radius 1 is 1.19 bits per heavy atom. The molecule has 0 atom stereocenters. The van der Waals surface area contributed by atoms with E-state index >= 15 is 0 Å². The highest BCUT2D eigenvalue weighted by molar-refractivity contribution is 7.17. The third kappa shape index (κ3) is 3.51. The fraction of sp³-hybridized carbons (Fsp3) is 0.167. The molecular formula is C18H16N6OS2. The summed E-state index contributed by atoms with van der Waals surface area (Å²) in [4.78, 5) is 26.2. The highest BCUT2D eigenvalue weighted by Crippen LogP contribution is 2.30. The number of anilines is 1. The quantitative estimate of drug-likeness (QED) is 0.538. The lowest BCUT2D eigenvalue weighted by Gasteiger charge is -2.03. The van der Waals surface area contributed by atoms with Gasteiger partial charge in [-0.05, 0) is 26.3 Å². The molecule has 3 aromatic heterocycles. The van der Waals surface area contributed by atoms with Gasteiger partial charge in [0, 0.05) is 10.9 Å². The van der Waals surface area contributed by atoms with Crippen molar-refractivity contribution in [2.75, 3.05) is 5.32 Å². The zero-order chi connectivity index (χ0) is 19.0. The van der Waals surface area contributed by atoms with E-state index in [2.05, 4.69) is 62.5 Å². The van der Waals surface area contributed by atoms with Crippen molar-refractivity contribution in [3.63, 3.8) is 0 Å². The number of aromatic amines is 1. The second-order valence-corrected chi connectivity index (χ2v) is 7.94. The third-order valence-corrected chi connectivity index (χ3v) is 5.92. The summed E-state index contributed by atoms with van der Waals surface area (Å²) in [6, 6.07) is 6.24. The van der Waals surface area contributed by atoms with Gasteiger partial charge in [-0.3, -0.25) is 15.2 Å². The molecule has 0 aliphatic rings. The first-order valence-corrected chi connectivity index (χ1v) is 9.88. The molecule has 9 heteroatoms. The monoisotopic (exact) mass is 396 g/mol. The van der Waals surface area contributed by atoms with Crippen LogP contribution in [0.25, 0.3) is 22.1 Å². The van der Waals surface area contributed by atoms with Gasteiger partial charge in [0.25, 0.3) is 5.91 Å². The van der Waals surface area contributed by atoms with Crippen LogP contribution in [0.5, 0.6) is 0 Å². The summed E-state index contributed by atoms with van der Waals surface area (Å²) in [5, 5.41) is 12.6. The minimum atomic E-state index is -0.225. The Kier molecular flexibility index (Phi) is 4.54. The van der Waals surface area contributed by atoms with Crippen LogP contribution in [0.4, 0.5) is 5.13 Å². The van der Waals surface area contributed by atoms with E-state index in [0.29, 0.717) is 26.5 Å². The average molecular weight is 397 g/mol. The number of H-pyrrole nitrogens is 1. The number of nitrogens with one attached hydrogen (secondary N) is 2. The molecule has 0 saturated carbocycles. The van der Waals surface area contributed by atoms with Crippen molar-refractivity contribution in [2.45, 2.75) is 20.8 Å². The van der Waals surface area contributed by atoms with E-state index in [-0.39, 0.29) is 5.91 Å². The lowest BCUT2D eigenvalue weighted by atomic mass is 10.0. The fourth-order valence-electron chi connectivity index (χ4n) is 2.73. The van der Waals surface area contributed by atoms with Gasteiger partial charge in [-0.25, -0.2) is 15.0 Å². The van der Waals surface area contributed by atoms with Gasteiger partial charge in [0.05, 0.1) is 11.4 Å². The Bertz CT molecular complexity index is 1110. The highest BCUT2D eigenvalue weighted by Gasteiger charge is 2.19. The van der Waals surface area contributed by atoms with E-state index in [0.717, 1.165) is 16.8 Å². The second-order valence-electron chi connectivity index (χ2n) is 6.08. The maximum atomic E-state index is 12.7. The van der Waals surface area contributed by atoms with Crippen LogP contribution < -0.4 is 5.32 Å². The van der Waals surface area contributed by atoms with Crippen LogP contribution in [0.1, 0.15) is 26.5 Å². The number of hydrogen-bond donors (Lipinski definition) is 2. The van der Waals surface area contributed by atoms with Crippen molar-refractivity contribution in [3.8, 4) is 22.1 Å². The second kappa shape index (κ2) is 7.01. The van der Waals surface area contributed by atoms with Crippen LogP contribution in [0.2, 0.25) is 0 Å². The fourth-order valence-corrected chi connectivity index (χ4v) is 4.34. The van der Waals surface area contributed by atoms with Crippen molar-refractivity contribution in [1.82, 2.24) is 25.1 Å². The molecule has 2 N–H and O–H groups in total. The first-order chi connectivity index (χ1) is 13.0. The topological polar surface area (TPSA) is 96.5 Å². The Labute approximate surface area is 163 Å². The molecule has 1 amide bonds. The number of benzene rings is 1. The molecule has 1 aromatic carbocycles. The number of aromatic nitrogens is 5. The largest absolute Gasteiger partial charge is 0.297 e. The Morgan fingerprint density at radius 3 is 2.78 bits per heavy atom. The van der Waals surface area contributed by atoms with Crippen LogP contribution in [0.15, 0.2) is 29.9 Å². The lowest BCUT2D eigenvalue weighted by molar-refractivity contribution is 0.103. The van der Waals surface area contributed by atoms with E-state index < -0.39 is 0 Å². The maximum Gasteiger partial charge on any atom is 0.269 e. The van der Waals surface area contributed by atoms with Gasteiger partial charge in [0.15, 0.2) is 16.0 Å². The Morgan fingerprint density at radius 2 is 2.04 bits per heavy atom. The van der Waals surface area contributed by atoms with Crippen LogP contribution in [0.3, 0.4) is 0 Å².